The number of thiophene rings is 1. The second-order valence-electron chi connectivity index (χ2n) is 6.42. The second-order valence-corrected chi connectivity index (χ2v) is 8.75. The SMILES string of the molecule is CCn1c(CCNC(=O)c2cccs2)nnc1SCC(=O)Nc1ccc(Cl)cc1C. The van der Waals surface area contributed by atoms with Gasteiger partial charge in [0.05, 0.1) is 10.6 Å². The molecule has 0 unspecified atom stereocenters. The number of hydrogen-bond donors (Lipinski definition) is 2. The molecular weight excluding hydrogens is 442 g/mol. The van der Waals surface area contributed by atoms with E-state index in [-0.39, 0.29) is 17.6 Å². The van der Waals surface area contributed by atoms with Crippen molar-refractivity contribution >= 4 is 52.2 Å². The normalized spacial score (nSPS) is 10.8. The summed E-state index contributed by atoms with van der Waals surface area (Å²) >= 11 is 8.69. The van der Waals surface area contributed by atoms with Crippen LogP contribution in [0.15, 0.2) is 40.9 Å². The number of halogens is 1. The Labute approximate surface area is 188 Å². The molecular formula is C20H22ClN5O2S2. The Balaban J connectivity index is 1.52. The number of amides is 2. The van der Waals surface area contributed by atoms with Crippen molar-refractivity contribution in [2.45, 2.75) is 32.0 Å². The van der Waals surface area contributed by atoms with Crippen LogP contribution in [0.25, 0.3) is 0 Å². The molecule has 0 atom stereocenters. The largest absolute Gasteiger partial charge is 0.351 e. The highest BCUT2D eigenvalue weighted by atomic mass is 35.5. The van der Waals surface area contributed by atoms with Gasteiger partial charge in [-0.3, -0.25) is 9.59 Å². The van der Waals surface area contributed by atoms with Crippen molar-refractivity contribution in [3.8, 4) is 0 Å². The molecule has 2 heterocycles. The average molecular weight is 464 g/mol. The molecule has 30 heavy (non-hydrogen) atoms. The van der Waals surface area contributed by atoms with E-state index >= 15 is 0 Å². The van der Waals surface area contributed by atoms with Crippen molar-refractivity contribution in [2.75, 3.05) is 17.6 Å². The molecule has 0 bridgehead atoms. The van der Waals surface area contributed by atoms with Crippen LogP contribution >= 0.6 is 34.7 Å². The van der Waals surface area contributed by atoms with Crippen LogP contribution in [-0.2, 0) is 17.8 Å². The highest BCUT2D eigenvalue weighted by molar-refractivity contribution is 7.99. The third-order valence-corrected chi connectivity index (χ3v) is 6.35. The molecule has 0 spiro atoms. The molecule has 2 aromatic heterocycles. The van der Waals surface area contributed by atoms with Gasteiger partial charge in [0.2, 0.25) is 5.91 Å². The third-order valence-electron chi connectivity index (χ3n) is 4.28. The lowest BCUT2D eigenvalue weighted by Gasteiger charge is -2.09. The number of rotatable bonds is 9. The molecule has 0 aliphatic carbocycles. The number of carbonyl (C=O) groups is 2. The highest BCUT2D eigenvalue weighted by Crippen LogP contribution is 2.21. The summed E-state index contributed by atoms with van der Waals surface area (Å²) in [5.74, 6) is 0.785. The molecule has 158 valence electrons. The lowest BCUT2D eigenvalue weighted by Crippen LogP contribution is -2.25. The van der Waals surface area contributed by atoms with Crippen molar-refractivity contribution in [1.82, 2.24) is 20.1 Å². The molecule has 2 amide bonds. The van der Waals surface area contributed by atoms with Crippen molar-refractivity contribution in [1.29, 1.82) is 0 Å². The smallest absolute Gasteiger partial charge is 0.261 e. The van der Waals surface area contributed by atoms with Gasteiger partial charge in [-0.25, -0.2) is 0 Å². The number of anilines is 1. The monoisotopic (exact) mass is 463 g/mol. The number of aromatic nitrogens is 3. The van der Waals surface area contributed by atoms with Crippen LogP contribution in [0.2, 0.25) is 5.02 Å². The average Bonchev–Trinajstić information content (AvgIpc) is 3.38. The Morgan fingerprint density at radius 1 is 1.27 bits per heavy atom. The Bertz CT molecular complexity index is 1020. The molecule has 3 aromatic rings. The first-order valence-electron chi connectivity index (χ1n) is 9.40. The van der Waals surface area contributed by atoms with E-state index in [4.69, 9.17) is 11.6 Å². The van der Waals surface area contributed by atoms with Crippen LogP contribution in [0.4, 0.5) is 5.69 Å². The molecule has 0 aliphatic heterocycles. The molecule has 0 aliphatic rings. The minimum Gasteiger partial charge on any atom is -0.351 e. The first-order valence-corrected chi connectivity index (χ1v) is 11.6. The maximum atomic E-state index is 12.3. The van der Waals surface area contributed by atoms with E-state index in [2.05, 4.69) is 20.8 Å². The van der Waals surface area contributed by atoms with Gasteiger partial charge < -0.3 is 15.2 Å². The van der Waals surface area contributed by atoms with Gasteiger partial charge in [-0.2, -0.15) is 0 Å². The maximum Gasteiger partial charge on any atom is 0.261 e. The Hall–Kier alpha value is -2.36. The van der Waals surface area contributed by atoms with E-state index in [9.17, 15) is 9.59 Å². The molecule has 0 radical (unpaired) electrons. The Morgan fingerprint density at radius 3 is 2.80 bits per heavy atom. The zero-order valence-electron chi connectivity index (χ0n) is 16.6. The van der Waals surface area contributed by atoms with E-state index in [1.54, 1.807) is 18.2 Å². The topological polar surface area (TPSA) is 88.9 Å². The van der Waals surface area contributed by atoms with Crippen LogP contribution in [0.3, 0.4) is 0 Å². The lowest BCUT2D eigenvalue weighted by molar-refractivity contribution is -0.113. The van der Waals surface area contributed by atoms with E-state index in [1.807, 2.05) is 35.9 Å². The molecule has 1 aromatic carbocycles. The predicted octanol–water partition coefficient (Wildman–Crippen LogP) is 4.02. The molecule has 2 N–H and O–H groups in total. The number of benzene rings is 1. The molecule has 0 saturated carbocycles. The zero-order valence-corrected chi connectivity index (χ0v) is 19.0. The number of aryl methyl sites for hydroxylation is 1. The van der Waals surface area contributed by atoms with Crippen LogP contribution in [0.1, 0.15) is 28.0 Å². The summed E-state index contributed by atoms with van der Waals surface area (Å²) in [4.78, 5) is 25.0. The minimum absolute atomic E-state index is 0.0867. The zero-order chi connectivity index (χ0) is 21.5. The van der Waals surface area contributed by atoms with Gasteiger partial charge in [-0.1, -0.05) is 29.4 Å². The van der Waals surface area contributed by atoms with Crippen LogP contribution < -0.4 is 10.6 Å². The summed E-state index contributed by atoms with van der Waals surface area (Å²) in [5.41, 5.74) is 1.65. The summed E-state index contributed by atoms with van der Waals surface area (Å²) in [6.07, 6.45) is 0.564. The van der Waals surface area contributed by atoms with E-state index in [0.29, 0.717) is 34.6 Å². The van der Waals surface area contributed by atoms with Crippen LogP contribution in [0.5, 0.6) is 0 Å². The Kier molecular flexibility index (Phi) is 7.89. The van der Waals surface area contributed by atoms with Gasteiger partial charge in [-0.15, -0.1) is 21.5 Å². The summed E-state index contributed by atoms with van der Waals surface area (Å²) in [7, 11) is 0. The number of carbonyl (C=O) groups excluding carboxylic acids is 2. The van der Waals surface area contributed by atoms with Gasteiger partial charge >= 0.3 is 0 Å². The fourth-order valence-corrected chi connectivity index (χ4v) is 4.48. The lowest BCUT2D eigenvalue weighted by atomic mass is 10.2. The number of nitrogens with one attached hydrogen (secondary N) is 2. The fraction of sp³-hybridized carbons (Fsp3) is 0.300. The third kappa shape index (κ3) is 5.84. The number of thioether (sulfide) groups is 1. The van der Waals surface area contributed by atoms with Crippen LogP contribution in [-0.4, -0.2) is 38.9 Å². The van der Waals surface area contributed by atoms with Crippen molar-refractivity contribution in [3.05, 3.63) is 57.0 Å². The quantitative estimate of drug-likeness (QED) is 0.468. The molecule has 0 fully saturated rings. The van der Waals surface area contributed by atoms with Gasteiger partial charge in [0.15, 0.2) is 5.16 Å². The number of nitrogens with zero attached hydrogens (tertiary/aromatic N) is 3. The minimum atomic E-state index is -0.124. The van der Waals surface area contributed by atoms with Gasteiger partial charge in [0, 0.05) is 30.2 Å². The fourth-order valence-electron chi connectivity index (χ4n) is 2.79. The van der Waals surface area contributed by atoms with Gasteiger partial charge in [-0.05, 0) is 49.1 Å². The first-order chi connectivity index (χ1) is 14.5. The van der Waals surface area contributed by atoms with Gasteiger partial charge in [0.25, 0.3) is 5.91 Å². The van der Waals surface area contributed by atoms with Crippen molar-refractivity contribution in [3.63, 3.8) is 0 Å². The summed E-state index contributed by atoms with van der Waals surface area (Å²) < 4.78 is 1.96. The predicted molar refractivity (Wildman–Crippen MR) is 122 cm³/mol. The number of hydrogen-bond acceptors (Lipinski definition) is 6. The highest BCUT2D eigenvalue weighted by Gasteiger charge is 2.14. The summed E-state index contributed by atoms with van der Waals surface area (Å²) in [6.45, 7) is 5.04. The van der Waals surface area contributed by atoms with E-state index in [1.165, 1.54) is 23.1 Å². The Morgan fingerprint density at radius 2 is 2.10 bits per heavy atom. The second kappa shape index (κ2) is 10.6. The maximum absolute atomic E-state index is 12.3. The van der Waals surface area contributed by atoms with Gasteiger partial charge in [0.1, 0.15) is 5.82 Å². The summed E-state index contributed by atoms with van der Waals surface area (Å²) in [6, 6.07) is 8.98. The van der Waals surface area contributed by atoms with E-state index in [0.717, 1.165) is 17.1 Å². The van der Waals surface area contributed by atoms with Crippen molar-refractivity contribution in [2.24, 2.45) is 0 Å². The van der Waals surface area contributed by atoms with Crippen molar-refractivity contribution < 1.29 is 9.59 Å². The molecule has 0 saturated heterocycles. The molecule has 10 heteroatoms. The molecule has 3 rings (SSSR count). The molecule has 7 nitrogen and oxygen atoms in total. The van der Waals surface area contributed by atoms with E-state index < -0.39 is 0 Å². The first kappa shape index (κ1) is 22.3. The summed E-state index contributed by atoms with van der Waals surface area (Å²) in [5, 5.41) is 17.4. The van der Waals surface area contributed by atoms with Crippen LogP contribution in [0, 0.1) is 6.92 Å². The standard InChI is InChI=1S/C20H22ClN5O2S2/c1-3-26-17(8-9-22-19(28)16-5-4-10-29-16)24-25-20(26)30-12-18(27)23-15-7-6-14(21)11-13(15)2/h4-7,10-11H,3,8-9,12H2,1-2H3,(H,22,28)(H,23,27).